The van der Waals surface area contributed by atoms with E-state index in [1.165, 1.54) is 0 Å². The van der Waals surface area contributed by atoms with Crippen molar-refractivity contribution >= 4 is 11.6 Å². The van der Waals surface area contributed by atoms with Crippen molar-refractivity contribution in [2.24, 2.45) is 0 Å². The molecule has 2 rings (SSSR count). The predicted octanol–water partition coefficient (Wildman–Crippen LogP) is 2.82. The lowest BCUT2D eigenvalue weighted by atomic mass is 10.3. The van der Waals surface area contributed by atoms with E-state index >= 15 is 0 Å². The van der Waals surface area contributed by atoms with E-state index in [0.717, 1.165) is 11.4 Å². The standard InChI is InChI=1S/C12H13ClN2O2/c1-16-12(17-2)11-7-8-14-15(11)10-5-3-9(13)4-6-10/h3-8,12H,1-2H3. The Morgan fingerprint density at radius 3 is 2.35 bits per heavy atom. The van der Waals surface area contributed by atoms with Crippen molar-refractivity contribution < 1.29 is 9.47 Å². The molecule has 1 aromatic heterocycles. The average Bonchev–Trinajstić information content (AvgIpc) is 2.81. The zero-order valence-corrected chi connectivity index (χ0v) is 10.4. The fourth-order valence-corrected chi connectivity index (χ4v) is 1.75. The van der Waals surface area contributed by atoms with Gasteiger partial charge in [-0.2, -0.15) is 5.10 Å². The second kappa shape index (κ2) is 5.31. The molecule has 2 aromatic rings. The number of benzene rings is 1. The summed E-state index contributed by atoms with van der Waals surface area (Å²) in [4.78, 5) is 0. The highest BCUT2D eigenvalue weighted by atomic mass is 35.5. The van der Waals surface area contributed by atoms with Crippen LogP contribution in [0.25, 0.3) is 5.69 Å². The molecule has 0 bridgehead atoms. The topological polar surface area (TPSA) is 36.3 Å². The van der Waals surface area contributed by atoms with Crippen molar-refractivity contribution in [3.8, 4) is 5.69 Å². The van der Waals surface area contributed by atoms with Crippen LogP contribution >= 0.6 is 11.6 Å². The first-order valence-corrected chi connectivity index (χ1v) is 5.49. The van der Waals surface area contributed by atoms with Crippen molar-refractivity contribution in [3.05, 3.63) is 47.2 Å². The molecule has 0 radical (unpaired) electrons. The number of ether oxygens (including phenoxy) is 2. The fourth-order valence-electron chi connectivity index (χ4n) is 1.63. The van der Waals surface area contributed by atoms with Crippen LogP contribution in [0, 0.1) is 0 Å². The lowest BCUT2D eigenvalue weighted by Crippen LogP contribution is -2.10. The number of aromatic nitrogens is 2. The predicted molar refractivity (Wildman–Crippen MR) is 65.3 cm³/mol. The minimum Gasteiger partial charge on any atom is -0.350 e. The van der Waals surface area contributed by atoms with Crippen molar-refractivity contribution in [1.29, 1.82) is 0 Å². The molecule has 0 amide bonds. The molecule has 0 unspecified atom stereocenters. The van der Waals surface area contributed by atoms with Gasteiger partial charge >= 0.3 is 0 Å². The Balaban J connectivity index is 2.39. The monoisotopic (exact) mass is 252 g/mol. The third-order valence-corrected chi connectivity index (χ3v) is 2.66. The molecular weight excluding hydrogens is 240 g/mol. The van der Waals surface area contributed by atoms with E-state index < -0.39 is 6.29 Å². The summed E-state index contributed by atoms with van der Waals surface area (Å²) < 4.78 is 12.2. The van der Waals surface area contributed by atoms with Crippen molar-refractivity contribution in [2.75, 3.05) is 14.2 Å². The lowest BCUT2D eigenvalue weighted by molar-refractivity contribution is -0.109. The van der Waals surface area contributed by atoms with E-state index in [0.29, 0.717) is 5.02 Å². The molecule has 0 spiro atoms. The second-order valence-electron chi connectivity index (χ2n) is 3.45. The van der Waals surface area contributed by atoms with Crippen molar-refractivity contribution in [1.82, 2.24) is 9.78 Å². The number of methoxy groups -OCH3 is 2. The molecule has 0 aliphatic carbocycles. The van der Waals surface area contributed by atoms with Crippen LogP contribution in [0.2, 0.25) is 5.02 Å². The van der Waals surface area contributed by atoms with Gasteiger partial charge in [-0.1, -0.05) is 11.6 Å². The quantitative estimate of drug-likeness (QED) is 0.785. The summed E-state index contributed by atoms with van der Waals surface area (Å²) in [7, 11) is 3.18. The SMILES string of the molecule is COC(OC)c1ccnn1-c1ccc(Cl)cc1. The number of rotatable bonds is 4. The van der Waals surface area contributed by atoms with E-state index in [4.69, 9.17) is 21.1 Å². The van der Waals surface area contributed by atoms with Gasteiger partial charge in [0.05, 0.1) is 5.69 Å². The zero-order chi connectivity index (χ0) is 12.3. The van der Waals surface area contributed by atoms with Crippen LogP contribution in [0.3, 0.4) is 0 Å². The second-order valence-corrected chi connectivity index (χ2v) is 3.88. The van der Waals surface area contributed by atoms with Crippen LogP contribution < -0.4 is 0 Å². The Labute approximate surface area is 105 Å². The average molecular weight is 253 g/mol. The van der Waals surface area contributed by atoms with Crippen LogP contribution in [0.4, 0.5) is 0 Å². The van der Waals surface area contributed by atoms with E-state index in [1.54, 1.807) is 25.1 Å². The lowest BCUT2D eigenvalue weighted by Gasteiger charge is -2.15. The van der Waals surface area contributed by atoms with Gasteiger partial charge in [0.2, 0.25) is 6.29 Å². The highest BCUT2D eigenvalue weighted by Crippen LogP contribution is 2.21. The van der Waals surface area contributed by atoms with Gasteiger partial charge in [0.1, 0.15) is 5.69 Å². The number of hydrogen-bond donors (Lipinski definition) is 0. The van der Waals surface area contributed by atoms with Gasteiger partial charge in [0.15, 0.2) is 0 Å². The Hall–Kier alpha value is -1.36. The first-order valence-electron chi connectivity index (χ1n) is 5.11. The van der Waals surface area contributed by atoms with E-state index in [-0.39, 0.29) is 0 Å². The molecule has 4 nitrogen and oxygen atoms in total. The molecule has 0 saturated carbocycles. The maximum Gasteiger partial charge on any atom is 0.200 e. The summed E-state index contributed by atoms with van der Waals surface area (Å²) in [6, 6.07) is 9.27. The van der Waals surface area contributed by atoms with Crippen LogP contribution in [0.5, 0.6) is 0 Å². The maximum absolute atomic E-state index is 5.85. The van der Waals surface area contributed by atoms with Gasteiger partial charge < -0.3 is 9.47 Å². The molecular formula is C12H13ClN2O2. The molecule has 5 heteroatoms. The highest BCUT2D eigenvalue weighted by molar-refractivity contribution is 6.30. The molecule has 0 aliphatic rings. The molecule has 0 atom stereocenters. The van der Waals surface area contributed by atoms with Gasteiger partial charge in [0, 0.05) is 25.4 Å². The third-order valence-electron chi connectivity index (χ3n) is 2.41. The molecule has 0 fully saturated rings. The third kappa shape index (κ3) is 2.49. The van der Waals surface area contributed by atoms with Gasteiger partial charge in [-0.15, -0.1) is 0 Å². The first kappa shape index (κ1) is 12.1. The maximum atomic E-state index is 5.85. The van der Waals surface area contributed by atoms with Crippen LogP contribution in [-0.2, 0) is 9.47 Å². The van der Waals surface area contributed by atoms with Gasteiger partial charge in [-0.3, -0.25) is 0 Å². The number of halogens is 1. The highest BCUT2D eigenvalue weighted by Gasteiger charge is 2.15. The summed E-state index contributed by atoms with van der Waals surface area (Å²) in [6.45, 7) is 0. The molecule has 90 valence electrons. The Bertz CT molecular complexity index is 478. The van der Waals surface area contributed by atoms with E-state index in [1.807, 2.05) is 30.3 Å². The van der Waals surface area contributed by atoms with Gasteiger partial charge in [-0.05, 0) is 30.3 Å². The smallest absolute Gasteiger partial charge is 0.200 e. The first-order chi connectivity index (χ1) is 8.26. The van der Waals surface area contributed by atoms with Crippen LogP contribution in [0.15, 0.2) is 36.5 Å². The normalized spacial score (nSPS) is 11.1. The summed E-state index contributed by atoms with van der Waals surface area (Å²) in [5, 5.41) is 4.94. The van der Waals surface area contributed by atoms with Crippen molar-refractivity contribution in [2.45, 2.75) is 6.29 Å². The molecule has 1 heterocycles. The summed E-state index contributed by atoms with van der Waals surface area (Å²) in [5.74, 6) is 0. The summed E-state index contributed by atoms with van der Waals surface area (Å²) >= 11 is 5.85. The van der Waals surface area contributed by atoms with Gasteiger partial charge in [-0.25, -0.2) is 4.68 Å². The van der Waals surface area contributed by atoms with Crippen LogP contribution in [-0.4, -0.2) is 24.0 Å². The minimum absolute atomic E-state index is 0.437. The molecule has 0 N–H and O–H groups in total. The Morgan fingerprint density at radius 1 is 1.12 bits per heavy atom. The van der Waals surface area contributed by atoms with Crippen molar-refractivity contribution in [3.63, 3.8) is 0 Å². The van der Waals surface area contributed by atoms with Crippen LogP contribution in [0.1, 0.15) is 12.0 Å². The minimum atomic E-state index is -0.437. The van der Waals surface area contributed by atoms with Gasteiger partial charge in [0.25, 0.3) is 0 Å². The summed E-state index contributed by atoms with van der Waals surface area (Å²) in [5.41, 5.74) is 1.74. The Morgan fingerprint density at radius 2 is 1.76 bits per heavy atom. The summed E-state index contributed by atoms with van der Waals surface area (Å²) in [6.07, 6.45) is 1.27. The fraction of sp³-hybridized carbons (Fsp3) is 0.250. The zero-order valence-electron chi connectivity index (χ0n) is 9.63. The Kier molecular flexibility index (Phi) is 3.78. The van der Waals surface area contributed by atoms with E-state index in [9.17, 15) is 0 Å². The number of hydrogen-bond acceptors (Lipinski definition) is 3. The molecule has 0 aliphatic heterocycles. The number of nitrogens with zero attached hydrogens (tertiary/aromatic N) is 2. The molecule has 17 heavy (non-hydrogen) atoms. The molecule has 0 saturated heterocycles. The largest absolute Gasteiger partial charge is 0.350 e. The van der Waals surface area contributed by atoms with E-state index in [2.05, 4.69) is 5.10 Å². The molecule has 1 aromatic carbocycles.